The van der Waals surface area contributed by atoms with Crippen LogP contribution in [-0.2, 0) is 0 Å². The summed E-state index contributed by atoms with van der Waals surface area (Å²) in [4.78, 5) is 12.0. The van der Waals surface area contributed by atoms with E-state index < -0.39 is 11.7 Å². The first-order valence-corrected chi connectivity index (χ1v) is 6.46. The molecule has 1 amide bonds. The van der Waals surface area contributed by atoms with Gasteiger partial charge in [0.05, 0.1) is 16.3 Å². The van der Waals surface area contributed by atoms with E-state index in [0.29, 0.717) is 15.8 Å². The molecule has 6 heteroatoms. The van der Waals surface area contributed by atoms with Crippen LogP contribution in [-0.4, -0.2) is 5.91 Å². The van der Waals surface area contributed by atoms with Crippen molar-refractivity contribution in [3.05, 3.63) is 57.3 Å². The molecule has 0 atom stereocenters. The summed E-state index contributed by atoms with van der Waals surface area (Å²) in [6.07, 6.45) is 0. The first-order valence-electron chi connectivity index (χ1n) is 5.29. The van der Waals surface area contributed by atoms with Crippen LogP contribution in [0.4, 0.5) is 15.8 Å². The van der Waals surface area contributed by atoms with Crippen LogP contribution in [0, 0.1) is 5.82 Å². The molecule has 0 aliphatic heterocycles. The highest BCUT2D eigenvalue weighted by molar-refractivity contribution is 9.10. The quantitative estimate of drug-likeness (QED) is 0.807. The van der Waals surface area contributed by atoms with Gasteiger partial charge in [-0.1, -0.05) is 11.6 Å². The van der Waals surface area contributed by atoms with Gasteiger partial charge in [0, 0.05) is 10.2 Å². The molecule has 0 aliphatic rings. The van der Waals surface area contributed by atoms with Crippen molar-refractivity contribution in [1.82, 2.24) is 0 Å². The fourth-order valence-electron chi connectivity index (χ4n) is 1.50. The molecule has 3 nitrogen and oxygen atoms in total. The van der Waals surface area contributed by atoms with Crippen LogP contribution in [0.1, 0.15) is 10.4 Å². The number of anilines is 2. The second-order valence-corrected chi connectivity index (χ2v) is 5.08. The van der Waals surface area contributed by atoms with E-state index >= 15 is 0 Å². The van der Waals surface area contributed by atoms with Crippen molar-refractivity contribution in [3.8, 4) is 0 Å². The fourth-order valence-corrected chi connectivity index (χ4v) is 2.12. The van der Waals surface area contributed by atoms with Gasteiger partial charge in [-0.2, -0.15) is 0 Å². The SMILES string of the molecule is Nc1ccc(C(=O)Nc2cc(F)ccc2Br)c(Cl)c1. The van der Waals surface area contributed by atoms with Crippen molar-refractivity contribution in [3.63, 3.8) is 0 Å². The Labute approximate surface area is 122 Å². The summed E-state index contributed by atoms with van der Waals surface area (Å²) in [6.45, 7) is 0. The number of rotatable bonds is 2. The topological polar surface area (TPSA) is 55.1 Å². The summed E-state index contributed by atoms with van der Waals surface area (Å²) in [5.41, 5.74) is 6.62. The van der Waals surface area contributed by atoms with E-state index in [1.165, 1.54) is 30.3 Å². The lowest BCUT2D eigenvalue weighted by molar-refractivity contribution is 0.102. The van der Waals surface area contributed by atoms with Crippen molar-refractivity contribution in [1.29, 1.82) is 0 Å². The molecule has 2 rings (SSSR count). The minimum absolute atomic E-state index is 0.241. The minimum atomic E-state index is -0.443. The van der Waals surface area contributed by atoms with Crippen LogP contribution in [0.5, 0.6) is 0 Å². The van der Waals surface area contributed by atoms with Gasteiger partial charge in [-0.05, 0) is 52.3 Å². The number of hydrogen-bond donors (Lipinski definition) is 2. The zero-order valence-corrected chi connectivity index (χ0v) is 11.9. The minimum Gasteiger partial charge on any atom is -0.399 e. The van der Waals surface area contributed by atoms with E-state index in [-0.39, 0.29) is 10.6 Å². The second-order valence-electron chi connectivity index (χ2n) is 3.82. The van der Waals surface area contributed by atoms with Gasteiger partial charge in [0.2, 0.25) is 0 Å². The van der Waals surface area contributed by atoms with Crippen LogP contribution in [0.2, 0.25) is 5.02 Å². The predicted molar refractivity (Wildman–Crippen MR) is 77.9 cm³/mol. The lowest BCUT2D eigenvalue weighted by Crippen LogP contribution is -2.13. The molecule has 0 heterocycles. The summed E-state index contributed by atoms with van der Waals surface area (Å²) >= 11 is 9.16. The highest BCUT2D eigenvalue weighted by Gasteiger charge is 2.12. The number of carbonyl (C=O) groups is 1. The number of nitrogens with two attached hydrogens (primary N) is 1. The Bertz CT molecular complexity index is 649. The molecule has 3 N–H and O–H groups in total. The summed E-state index contributed by atoms with van der Waals surface area (Å²) in [5.74, 6) is -0.877. The van der Waals surface area contributed by atoms with Crippen molar-refractivity contribution in [2.45, 2.75) is 0 Å². The van der Waals surface area contributed by atoms with Crippen molar-refractivity contribution in [2.24, 2.45) is 0 Å². The number of amides is 1. The second kappa shape index (κ2) is 5.59. The zero-order chi connectivity index (χ0) is 14.0. The molecule has 19 heavy (non-hydrogen) atoms. The molecule has 98 valence electrons. The standard InChI is InChI=1S/C13H9BrClFN2O/c14-10-4-1-7(16)5-12(10)18-13(19)9-3-2-8(17)6-11(9)15/h1-6H,17H2,(H,18,19). The molecule has 0 fully saturated rings. The van der Waals surface area contributed by atoms with E-state index in [9.17, 15) is 9.18 Å². The van der Waals surface area contributed by atoms with Gasteiger partial charge in [-0.25, -0.2) is 4.39 Å². The van der Waals surface area contributed by atoms with Gasteiger partial charge in [0.25, 0.3) is 5.91 Å². The number of nitrogens with one attached hydrogen (secondary N) is 1. The van der Waals surface area contributed by atoms with Crippen LogP contribution in [0.25, 0.3) is 0 Å². The smallest absolute Gasteiger partial charge is 0.257 e. The van der Waals surface area contributed by atoms with Gasteiger partial charge in [0.1, 0.15) is 5.82 Å². The molecular weight excluding hydrogens is 335 g/mol. The number of benzene rings is 2. The number of carbonyl (C=O) groups excluding carboxylic acids is 1. The molecule has 2 aromatic rings. The maximum absolute atomic E-state index is 13.1. The van der Waals surface area contributed by atoms with Gasteiger partial charge >= 0.3 is 0 Å². The van der Waals surface area contributed by atoms with Crippen LogP contribution in [0.3, 0.4) is 0 Å². The van der Waals surface area contributed by atoms with Crippen molar-refractivity contribution < 1.29 is 9.18 Å². The summed E-state index contributed by atoms with van der Waals surface area (Å²) in [5, 5.41) is 2.82. The van der Waals surface area contributed by atoms with Crippen LogP contribution >= 0.6 is 27.5 Å². The summed E-state index contributed by atoms with van der Waals surface area (Å²) < 4.78 is 13.7. The molecule has 0 unspecified atom stereocenters. The Morgan fingerprint density at radius 1 is 1.26 bits per heavy atom. The highest BCUT2D eigenvalue weighted by atomic mass is 79.9. The Morgan fingerprint density at radius 2 is 2.00 bits per heavy atom. The largest absolute Gasteiger partial charge is 0.399 e. The zero-order valence-electron chi connectivity index (χ0n) is 9.58. The molecule has 0 radical (unpaired) electrons. The molecule has 0 aliphatic carbocycles. The first-order chi connectivity index (χ1) is 8.97. The van der Waals surface area contributed by atoms with Gasteiger partial charge in [0.15, 0.2) is 0 Å². The van der Waals surface area contributed by atoms with E-state index in [4.69, 9.17) is 17.3 Å². The third-order valence-electron chi connectivity index (χ3n) is 2.41. The van der Waals surface area contributed by atoms with Crippen LogP contribution < -0.4 is 11.1 Å². The Kier molecular flexibility index (Phi) is 4.07. The average molecular weight is 344 g/mol. The predicted octanol–water partition coefficient (Wildman–Crippen LogP) is 4.08. The van der Waals surface area contributed by atoms with Crippen LogP contribution in [0.15, 0.2) is 40.9 Å². The normalized spacial score (nSPS) is 10.3. The Balaban J connectivity index is 2.28. The monoisotopic (exact) mass is 342 g/mol. The molecule has 0 saturated carbocycles. The van der Waals surface area contributed by atoms with E-state index in [1.807, 2.05) is 0 Å². The average Bonchev–Trinajstić information content (AvgIpc) is 2.33. The summed E-state index contributed by atoms with van der Waals surface area (Å²) in [7, 11) is 0. The third kappa shape index (κ3) is 3.24. The highest BCUT2D eigenvalue weighted by Crippen LogP contribution is 2.25. The number of halogens is 3. The van der Waals surface area contributed by atoms with Crippen molar-refractivity contribution >= 4 is 44.8 Å². The molecule has 0 aromatic heterocycles. The third-order valence-corrected chi connectivity index (χ3v) is 3.42. The van der Waals surface area contributed by atoms with E-state index in [2.05, 4.69) is 21.2 Å². The van der Waals surface area contributed by atoms with Gasteiger partial charge in [-0.15, -0.1) is 0 Å². The summed E-state index contributed by atoms with van der Waals surface area (Å²) in [6, 6.07) is 8.58. The van der Waals surface area contributed by atoms with Gasteiger partial charge < -0.3 is 11.1 Å². The maximum atomic E-state index is 13.1. The molecule has 2 aromatic carbocycles. The van der Waals surface area contributed by atoms with E-state index in [0.717, 1.165) is 0 Å². The van der Waals surface area contributed by atoms with E-state index in [1.54, 1.807) is 6.07 Å². The van der Waals surface area contributed by atoms with Gasteiger partial charge in [-0.3, -0.25) is 4.79 Å². The molecule has 0 saturated heterocycles. The Hall–Kier alpha value is -1.59. The fraction of sp³-hybridized carbons (Fsp3) is 0. The first kappa shape index (κ1) is 13.8. The molecular formula is C13H9BrClFN2O. The number of nitrogen functional groups attached to an aromatic ring is 1. The lowest BCUT2D eigenvalue weighted by atomic mass is 10.2. The van der Waals surface area contributed by atoms with Crippen molar-refractivity contribution in [2.75, 3.05) is 11.1 Å². The maximum Gasteiger partial charge on any atom is 0.257 e. The number of hydrogen-bond acceptors (Lipinski definition) is 2. The molecule has 0 spiro atoms. The molecule has 0 bridgehead atoms. The Morgan fingerprint density at radius 3 is 2.68 bits per heavy atom. The lowest BCUT2D eigenvalue weighted by Gasteiger charge is -2.09.